The molecule has 1 heterocycles. The van der Waals surface area contributed by atoms with Gasteiger partial charge in [0.1, 0.15) is 11.4 Å². The summed E-state index contributed by atoms with van der Waals surface area (Å²) in [4.78, 5) is 21.3. The zero-order valence-electron chi connectivity index (χ0n) is 16.1. The second kappa shape index (κ2) is 8.27. The summed E-state index contributed by atoms with van der Waals surface area (Å²) in [5.74, 6) is 0.701. The van der Waals surface area contributed by atoms with E-state index in [0.29, 0.717) is 28.1 Å². The number of methoxy groups -OCH3 is 1. The van der Waals surface area contributed by atoms with Crippen LogP contribution in [0.15, 0.2) is 42.5 Å². The van der Waals surface area contributed by atoms with E-state index < -0.39 is 0 Å². The molecule has 0 spiro atoms. The van der Waals surface area contributed by atoms with Gasteiger partial charge in [0.05, 0.1) is 17.8 Å². The molecule has 2 N–H and O–H groups in total. The lowest BCUT2D eigenvalue weighted by Gasteiger charge is -2.13. The summed E-state index contributed by atoms with van der Waals surface area (Å²) < 4.78 is 5.12. The topological polar surface area (TPSA) is 76.1 Å². The van der Waals surface area contributed by atoms with Crippen LogP contribution in [-0.2, 0) is 0 Å². The molecule has 2 aromatic carbocycles. The van der Waals surface area contributed by atoms with Crippen LogP contribution in [0.1, 0.15) is 27.3 Å². The number of halogens is 1. The maximum atomic E-state index is 12.6. The normalized spacial score (nSPS) is 10.5. The molecule has 0 saturated carbocycles. The van der Waals surface area contributed by atoms with E-state index in [1.807, 2.05) is 26.0 Å². The Labute approximate surface area is 168 Å². The summed E-state index contributed by atoms with van der Waals surface area (Å²) in [7, 11) is 1.59. The zero-order valence-corrected chi connectivity index (χ0v) is 16.9. The van der Waals surface area contributed by atoms with E-state index in [9.17, 15) is 4.79 Å². The molecule has 144 valence electrons. The molecule has 0 aliphatic carbocycles. The van der Waals surface area contributed by atoms with Gasteiger partial charge in [-0.3, -0.25) is 4.79 Å². The third-order valence-electron chi connectivity index (χ3n) is 4.10. The van der Waals surface area contributed by atoms with Crippen molar-refractivity contribution in [2.24, 2.45) is 0 Å². The van der Waals surface area contributed by atoms with E-state index in [1.165, 1.54) is 0 Å². The lowest BCUT2D eigenvalue weighted by atomic mass is 10.1. The van der Waals surface area contributed by atoms with E-state index in [-0.39, 0.29) is 11.6 Å². The minimum atomic E-state index is -0.328. The minimum absolute atomic E-state index is 0.256. The Balaban J connectivity index is 1.83. The van der Waals surface area contributed by atoms with E-state index in [0.717, 1.165) is 16.8 Å². The highest BCUT2D eigenvalue weighted by Gasteiger charge is 2.13. The molecular formula is C21H21ClN4O2. The van der Waals surface area contributed by atoms with E-state index >= 15 is 0 Å². The second-order valence-corrected chi connectivity index (χ2v) is 6.87. The van der Waals surface area contributed by atoms with Gasteiger partial charge in [-0.2, -0.15) is 0 Å². The van der Waals surface area contributed by atoms with Crippen molar-refractivity contribution in [3.05, 3.63) is 70.0 Å². The van der Waals surface area contributed by atoms with Crippen molar-refractivity contribution in [3.63, 3.8) is 0 Å². The average Bonchev–Trinajstić information content (AvgIpc) is 2.65. The lowest BCUT2D eigenvalue weighted by Crippen LogP contribution is -2.15. The van der Waals surface area contributed by atoms with Gasteiger partial charge in [-0.25, -0.2) is 9.97 Å². The highest BCUT2D eigenvalue weighted by molar-refractivity contribution is 6.33. The lowest BCUT2D eigenvalue weighted by molar-refractivity contribution is 0.102. The quantitative estimate of drug-likeness (QED) is 0.630. The SMILES string of the molecule is COc1ccc(NC(=O)c2cc(C)nc(Nc3c(C)cc(C)cc3Cl)n2)cc1. The summed E-state index contributed by atoms with van der Waals surface area (Å²) in [6, 6.07) is 12.6. The van der Waals surface area contributed by atoms with Gasteiger partial charge in [0, 0.05) is 11.4 Å². The van der Waals surface area contributed by atoms with Gasteiger partial charge in [0.15, 0.2) is 0 Å². The molecule has 6 nitrogen and oxygen atoms in total. The number of aryl methyl sites for hydroxylation is 3. The van der Waals surface area contributed by atoms with Crippen LogP contribution in [-0.4, -0.2) is 23.0 Å². The van der Waals surface area contributed by atoms with Gasteiger partial charge < -0.3 is 15.4 Å². The van der Waals surface area contributed by atoms with E-state index in [2.05, 4.69) is 20.6 Å². The summed E-state index contributed by atoms with van der Waals surface area (Å²) in [5, 5.41) is 6.53. The van der Waals surface area contributed by atoms with Crippen molar-refractivity contribution in [2.75, 3.05) is 17.7 Å². The van der Waals surface area contributed by atoms with Crippen molar-refractivity contribution in [1.82, 2.24) is 9.97 Å². The first kappa shape index (κ1) is 19.6. The molecule has 0 bridgehead atoms. The van der Waals surface area contributed by atoms with Crippen LogP contribution in [0.4, 0.5) is 17.3 Å². The molecule has 0 atom stereocenters. The fraction of sp³-hybridized carbons (Fsp3) is 0.190. The Bertz CT molecular complexity index is 996. The second-order valence-electron chi connectivity index (χ2n) is 6.46. The number of aromatic nitrogens is 2. The number of rotatable bonds is 5. The van der Waals surface area contributed by atoms with Crippen LogP contribution in [0.25, 0.3) is 0 Å². The fourth-order valence-corrected chi connectivity index (χ4v) is 3.16. The first-order valence-corrected chi connectivity index (χ1v) is 9.08. The molecule has 0 unspecified atom stereocenters. The van der Waals surface area contributed by atoms with Crippen molar-refractivity contribution in [3.8, 4) is 5.75 Å². The molecule has 1 amide bonds. The number of amides is 1. The predicted octanol–water partition coefficient (Wildman–Crippen LogP) is 5.06. The molecule has 1 aromatic heterocycles. The van der Waals surface area contributed by atoms with Gasteiger partial charge in [0.2, 0.25) is 5.95 Å². The van der Waals surface area contributed by atoms with Crippen LogP contribution in [0.2, 0.25) is 5.02 Å². The van der Waals surface area contributed by atoms with E-state index in [4.69, 9.17) is 16.3 Å². The molecule has 0 aliphatic rings. The number of nitrogens with one attached hydrogen (secondary N) is 2. The minimum Gasteiger partial charge on any atom is -0.497 e. The predicted molar refractivity (Wildman–Crippen MR) is 112 cm³/mol. The Morgan fingerprint density at radius 3 is 2.39 bits per heavy atom. The van der Waals surface area contributed by atoms with E-state index in [1.54, 1.807) is 44.4 Å². The molecule has 0 fully saturated rings. The summed E-state index contributed by atoms with van der Waals surface area (Å²) >= 11 is 6.35. The summed E-state index contributed by atoms with van der Waals surface area (Å²) in [5.41, 5.74) is 4.33. The molecular weight excluding hydrogens is 376 g/mol. The Hall–Kier alpha value is -3.12. The number of benzene rings is 2. The number of hydrogen-bond acceptors (Lipinski definition) is 5. The number of carbonyl (C=O) groups is 1. The molecule has 0 aliphatic heterocycles. The Kier molecular flexibility index (Phi) is 5.80. The third-order valence-corrected chi connectivity index (χ3v) is 4.40. The molecule has 3 rings (SSSR count). The highest BCUT2D eigenvalue weighted by atomic mass is 35.5. The zero-order chi connectivity index (χ0) is 20.3. The van der Waals surface area contributed by atoms with Crippen molar-refractivity contribution < 1.29 is 9.53 Å². The maximum Gasteiger partial charge on any atom is 0.274 e. The van der Waals surface area contributed by atoms with Crippen LogP contribution in [0.5, 0.6) is 5.75 Å². The van der Waals surface area contributed by atoms with Crippen LogP contribution in [0.3, 0.4) is 0 Å². The summed E-state index contributed by atoms with van der Waals surface area (Å²) in [6.07, 6.45) is 0. The Morgan fingerprint density at radius 1 is 1.04 bits per heavy atom. The van der Waals surface area contributed by atoms with Gasteiger partial charge in [-0.1, -0.05) is 17.7 Å². The largest absolute Gasteiger partial charge is 0.497 e. The van der Waals surface area contributed by atoms with Gasteiger partial charge in [0.25, 0.3) is 5.91 Å². The Morgan fingerprint density at radius 2 is 1.75 bits per heavy atom. The van der Waals surface area contributed by atoms with Crippen molar-refractivity contribution in [1.29, 1.82) is 0 Å². The molecule has 0 radical (unpaired) electrons. The molecule has 3 aromatic rings. The smallest absolute Gasteiger partial charge is 0.274 e. The number of carbonyl (C=O) groups excluding carboxylic acids is 1. The highest BCUT2D eigenvalue weighted by Crippen LogP contribution is 2.29. The van der Waals surface area contributed by atoms with Crippen molar-refractivity contribution >= 4 is 34.8 Å². The molecule has 28 heavy (non-hydrogen) atoms. The van der Waals surface area contributed by atoms with Crippen LogP contribution < -0.4 is 15.4 Å². The maximum absolute atomic E-state index is 12.6. The number of anilines is 3. The number of ether oxygens (including phenoxy) is 1. The van der Waals surface area contributed by atoms with Gasteiger partial charge in [-0.05, 0) is 68.3 Å². The molecule has 7 heteroatoms. The number of hydrogen-bond donors (Lipinski definition) is 2. The first-order chi connectivity index (χ1) is 13.4. The fourth-order valence-electron chi connectivity index (χ4n) is 2.80. The first-order valence-electron chi connectivity index (χ1n) is 8.70. The van der Waals surface area contributed by atoms with Gasteiger partial charge in [-0.15, -0.1) is 0 Å². The van der Waals surface area contributed by atoms with Crippen LogP contribution in [0, 0.1) is 20.8 Å². The summed E-state index contributed by atoms with van der Waals surface area (Å²) in [6.45, 7) is 5.74. The third kappa shape index (κ3) is 4.58. The van der Waals surface area contributed by atoms with Gasteiger partial charge >= 0.3 is 0 Å². The standard InChI is InChI=1S/C21H21ClN4O2/c1-12-9-13(2)19(17(22)10-12)26-21-23-14(3)11-18(25-21)20(27)24-15-5-7-16(28-4)8-6-15/h5-11H,1-4H3,(H,24,27)(H,23,25,26). The number of nitrogens with zero attached hydrogens (tertiary/aromatic N) is 2. The molecule has 0 saturated heterocycles. The van der Waals surface area contributed by atoms with Crippen molar-refractivity contribution in [2.45, 2.75) is 20.8 Å². The van der Waals surface area contributed by atoms with Crippen LogP contribution >= 0.6 is 11.6 Å². The average molecular weight is 397 g/mol. The monoisotopic (exact) mass is 396 g/mol.